The van der Waals surface area contributed by atoms with Gasteiger partial charge in [-0.15, -0.1) is 0 Å². The Kier molecular flexibility index (Phi) is 14.0. The first kappa shape index (κ1) is 13.7. The van der Waals surface area contributed by atoms with Crippen molar-refractivity contribution in [2.45, 2.75) is 19.1 Å². The number of rotatable bonds is 5. The first-order valence-electron chi connectivity index (χ1n) is 2.82. The Bertz CT molecular complexity index is 64.5. The topological polar surface area (TPSA) is 18.5 Å². The molecule has 10 heavy (non-hydrogen) atoms. The molecule has 0 aromatic rings. The van der Waals surface area contributed by atoms with Crippen LogP contribution in [0.1, 0.15) is 14.3 Å². The van der Waals surface area contributed by atoms with E-state index in [1.54, 1.807) is 14.2 Å². The molecular formula is C6H13BrMgO2. The molecule has 0 aliphatic carbocycles. The summed E-state index contributed by atoms with van der Waals surface area (Å²) in [5.74, 6) is 0. The van der Waals surface area contributed by atoms with E-state index in [0.29, 0.717) is 0 Å². The second-order valence-electron chi connectivity index (χ2n) is 1.63. The van der Waals surface area contributed by atoms with Crippen molar-refractivity contribution in [2.75, 3.05) is 14.2 Å². The van der Waals surface area contributed by atoms with E-state index in [1.807, 2.05) is 5.33 Å². The van der Waals surface area contributed by atoms with Crippen LogP contribution >= 0.6 is 15.9 Å². The number of hydrogen-bond acceptors (Lipinski definition) is 2. The molecule has 0 aromatic heterocycles. The summed E-state index contributed by atoms with van der Waals surface area (Å²) in [5.41, 5.74) is 0. The van der Waals surface area contributed by atoms with E-state index in [-0.39, 0.29) is 30.8 Å². The van der Waals surface area contributed by atoms with Gasteiger partial charge in [-0.05, 0) is 6.42 Å². The van der Waals surface area contributed by atoms with E-state index in [9.17, 15) is 0 Å². The molecule has 0 N–H and O–H groups in total. The van der Waals surface area contributed by atoms with Crippen LogP contribution in [0, 0.1) is 5.33 Å². The quantitative estimate of drug-likeness (QED) is 0.399. The van der Waals surface area contributed by atoms with Crippen molar-refractivity contribution in [3.05, 3.63) is 5.33 Å². The average molecular weight is 221 g/mol. The van der Waals surface area contributed by atoms with Crippen LogP contribution in [0.3, 0.4) is 0 Å². The van der Waals surface area contributed by atoms with Gasteiger partial charge in [-0.2, -0.15) is 6.42 Å². The Hall–Kier alpha value is 1.17. The molecule has 0 aliphatic heterocycles. The molecule has 0 aromatic carbocycles. The van der Waals surface area contributed by atoms with Crippen LogP contribution in [-0.4, -0.2) is 43.6 Å². The molecular weight excluding hydrogens is 208 g/mol. The molecule has 0 fully saturated rings. The summed E-state index contributed by atoms with van der Waals surface area (Å²) in [6.07, 6.45) is 1.81. The second-order valence-corrected chi connectivity index (χ2v) is 2.28. The van der Waals surface area contributed by atoms with Gasteiger partial charge in [0.2, 0.25) is 0 Å². The van der Waals surface area contributed by atoms with Gasteiger partial charge in [0, 0.05) is 14.2 Å². The first-order chi connectivity index (χ1) is 4.35. The third-order valence-electron chi connectivity index (χ3n) is 1.04. The maximum atomic E-state index is 4.94. The molecule has 0 saturated carbocycles. The van der Waals surface area contributed by atoms with Crippen LogP contribution in [-0.2, 0) is 9.47 Å². The summed E-state index contributed by atoms with van der Waals surface area (Å²) < 4.78 is 9.88. The Balaban J connectivity index is -0.000000320. The van der Waals surface area contributed by atoms with Gasteiger partial charge in [-0.3, -0.25) is 5.33 Å². The Morgan fingerprint density at radius 3 is 2.30 bits per heavy atom. The summed E-state index contributed by atoms with van der Waals surface area (Å²) in [6.45, 7) is 0. The van der Waals surface area contributed by atoms with Gasteiger partial charge in [0.1, 0.15) is 0 Å². The second kappa shape index (κ2) is 10.2. The van der Waals surface area contributed by atoms with E-state index in [1.165, 1.54) is 0 Å². The normalized spacial score (nSPS) is 9.60. The van der Waals surface area contributed by atoms with E-state index in [0.717, 1.165) is 12.8 Å². The van der Waals surface area contributed by atoms with Crippen molar-refractivity contribution in [3.63, 3.8) is 0 Å². The number of ether oxygens (including phenoxy) is 2. The predicted octanol–water partition coefficient (Wildman–Crippen LogP) is 1.67. The van der Waals surface area contributed by atoms with Crippen LogP contribution in [0.2, 0.25) is 0 Å². The smallest absolute Gasteiger partial charge is 1.00 e. The largest absolute Gasteiger partial charge is 2.00 e. The summed E-state index contributed by atoms with van der Waals surface area (Å²) in [7, 11) is 3.28. The van der Waals surface area contributed by atoms with Crippen molar-refractivity contribution in [3.8, 4) is 0 Å². The van der Waals surface area contributed by atoms with Crippen molar-refractivity contribution in [2.24, 2.45) is 0 Å². The van der Waals surface area contributed by atoms with Crippen LogP contribution in [0.5, 0.6) is 0 Å². The molecule has 0 saturated heterocycles. The van der Waals surface area contributed by atoms with Gasteiger partial charge >= 0.3 is 23.1 Å². The van der Waals surface area contributed by atoms with Gasteiger partial charge < -0.3 is 26.8 Å². The fourth-order valence-electron chi connectivity index (χ4n) is 0.531. The Labute approximate surface area is 88.4 Å². The number of halogens is 1. The zero-order valence-electron chi connectivity index (χ0n) is 7.47. The molecule has 0 radical (unpaired) electrons. The van der Waals surface area contributed by atoms with Crippen LogP contribution in [0.25, 0.3) is 0 Å². The number of methoxy groups -OCH3 is 2. The van der Waals surface area contributed by atoms with Gasteiger partial charge in [0.05, 0.1) is 0 Å². The molecule has 0 aliphatic rings. The standard InChI is InChI=1S/C6H12BrO2.Mg.H/c1-8-6(9-2)4-3-5-7;;/h5-6H,3-4H2,1-2H3;;/q-1;+2;-1. The molecule has 58 valence electrons. The molecule has 0 heterocycles. The van der Waals surface area contributed by atoms with Gasteiger partial charge in [-0.1, -0.05) is 0 Å². The first-order valence-corrected chi connectivity index (χ1v) is 3.74. The van der Waals surface area contributed by atoms with E-state index >= 15 is 0 Å². The van der Waals surface area contributed by atoms with Gasteiger partial charge in [0.25, 0.3) is 0 Å². The molecule has 2 nitrogen and oxygen atoms in total. The minimum absolute atomic E-state index is 0. The van der Waals surface area contributed by atoms with Crippen molar-refractivity contribution < 1.29 is 10.9 Å². The fourth-order valence-corrected chi connectivity index (χ4v) is 0.795. The summed E-state index contributed by atoms with van der Waals surface area (Å²) in [6, 6.07) is 0. The van der Waals surface area contributed by atoms with Crippen LogP contribution < -0.4 is 0 Å². The van der Waals surface area contributed by atoms with Crippen molar-refractivity contribution >= 4 is 39.0 Å². The monoisotopic (exact) mass is 220 g/mol. The molecule has 0 atom stereocenters. The van der Waals surface area contributed by atoms with Crippen LogP contribution in [0.15, 0.2) is 0 Å². The predicted molar refractivity (Wildman–Crippen MR) is 47.1 cm³/mol. The zero-order valence-corrected chi connectivity index (χ0v) is 9.47. The molecule has 0 spiro atoms. The fraction of sp³-hybridized carbons (Fsp3) is 0.833. The Morgan fingerprint density at radius 2 is 2.00 bits per heavy atom. The number of hydrogen-bond donors (Lipinski definition) is 0. The van der Waals surface area contributed by atoms with Gasteiger partial charge in [0.15, 0.2) is 6.29 Å². The maximum absolute atomic E-state index is 4.94. The molecule has 0 bridgehead atoms. The zero-order chi connectivity index (χ0) is 7.11. The van der Waals surface area contributed by atoms with E-state index < -0.39 is 0 Å². The summed E-state index contributed by atoms with van der Waals surface area (Å²) >= 11 is 3.20. The van der Waals surface area contributed by atoms with Crippen molar-refractivity contribution in [1.29, 1.82) is 0 Å². The molecule has 0 amide bonds. The van der Waals surface area contributed by atoms with Gasteiger partial charge in [-0.25, -0.2) is 0 Å². The van der Waals surface area contributed by atoms with Crippen molar-refractivity contribution in [1.82, 2.24) is 0 Å². The summed E-state index contributed by atoms with van der Waals surface area (Å²) in [4.78, 5) is 0. The van der Waals surface area contributed by atoms with Crippen LogP contribution in [0.4, 0.5) is 0 Å². The van der Waals surface area contributed by atoms with E-state index in [2.05, 4.69) is 15.9 Å². The minimum atomic E-state index is -0.0567. The summed E-state index contributed by atoms with van der Waals surface area (Å²) in [5, 5.41) is 1.91. The average Bonchev–Trinajstić information content (AvgIpc) is 1.91. The molecule has 0 rings (SSSR count). The minimum Gasteiger partial charge on any atom is -1.00 e. The Morgan fingerprint density at radius 1 is 1.50 bits per heavy atom. The van der Waals surface area contributed by atoms with E-state index in [4.69, 9.17) is 9.47 Å². The SMILES string of the molecule is COC(CC[CH-]Br)OC.[H-].[Mg+2]. The molecule has 4 heteroatoms. The third kappa shape index (κ3) is 7.28. The molecule has 0 unspecified atom stereocenters. The maximum Gasteiger partial charge on any atom is 2.00 e. The third-order valence-corrected chi connectivity index (χ3v) is 1.50.